The highest BCUT2D eigenvalue weighted by molar-refractivity contribution is 9.10. The van der Waals surface area contributed by atoms with Crippen molar-refractivity contribution in [1.29, 1.82) is 0 Å². The monoisotopic (exact) mass is 961 g/mol. The first kappa shape index (κ1) is 47.4. The predicted molar refractivity (Wildman–Crippen MR) is 222 cm³/mol. The van der Waals surface area contributed by atoms with E-state index < -0.39 is 96.9 Å². The molecule has 0 spiro atoms. The van der Waals surface area contributed by atoms with Gasteiger partial charge in [-0.05, 0) is 55.0 Å². The molecule has 2 aliphatic heterocycles. The fraction of sp³-hybridized carbons (Fsp3) is 0.619. The quantitative estimate of drug-likeness (QED) is 0.233. The van der Waals surface area contributed by atoms with Crippen LogP contribution in [0, 0.1) is 11.3 Å². The van der Waals surface area contributed by atoms with E-state index in [2.05, 4.69) is 31.2 Å². The number of pyridine rings is 1. The van der Waals surface area contributed by atoms with Crippen LogP contribution in [0.3, 0.4) is 0 Å². The number of aromatic amines is 1. The number of carbonyl (C=O) groups excluding carboxylic acids is 4. The molecular formula is C42H51BrClF6N7O5. The zero-order valence-corrected chi connectivity index (χ0v) is 37.2. The van der Waals surface area contributed by atoms with Crippen LogP contribution in [0.4, 0.5) is 26.3 Å². The number of aromatic nitrogens is 3. The topological polar surface area (TPSA) is 141 Å². The number of halogens is 8. The fourth-order valence-corrected chi connectivity index (χ4v) is 9.52. The third kappa shape index (κ3) is 9.82. The largest absolute Gasteiger partial charge is 0.403 e. The summed E-state index contributed by atoms with van der Waals surface area (Å²) in [5.74, 6) is -7.17. The van der Waals surface area contributed by atoms with E-state index >= 15 is 0 Å². The number of rotatable bonds is 7. The third-order valence-electron chi connectivity index (χ3n) is 12.3. The highest BCUT2D eigenvalue weighted by Crippen LogP contribution is 2.61. The molecule has 0 radical (unpaired) electrons. The molecule has 3 aliphatic rings. The van der Waals surface area contributed by atoms with Gasteiger partial charge in [0, 0.05) is 62.0 Å². The standard InChI is InChI=1S/C42H51BrClF6N7O5/c1-23(2)16-29-36(59)55(4)32(18-24-17-25(44)11-12-27(24)43)37(60)54(3)14-9-7-5-6-8-10-30(35(58)52-29)56-15-13-28-33(38(56)61)53-34(51-28)31-19-26(45)20-57(31)39(62)40(42(48,49)50)21-41(46,47)22-40/h11-13,15,17,23,26,29-32H,5-10,14,16,18-22H2,1-4H3,(H,51,53)(H,52,58)/t26-,29+,30+,31+,32+/m1/s1. The molecule has 2 saturated heterocycles. The van der Waals surface area contributed by atoms with Crippen molar-refractivity contribution in [3.63, 3.8) is 0 Å². The van der Waals surface area contributed by atoms with Crippen LogP contribution in [0.1, 0.15) is 102 Å². The van der Waals surface area contributed by atoms with Crippen molar-refractivity contribution in [3.8, 4) is 0 Å². The number of benzene rings is 1. The van der Waals surface area contributed by atoms with E-state index in [1.54, 1.807) is 30.1 Å². The molecule has 12 nitrogen and oxygen atoms in total. The molecule has 2 aromatic heterocycles. The Morgan fingerprint density at radius 2 is 1.68 bits per heavy atom. The highest BCUT2D eigenvalue weighted by atomic mass is 79.9. The Morgan fingerprint density at radius 1 is 1.00 bits per heavy atom. The smallest absolute Gasteiger partial charge is 0.344 e. The second-order valence-electron chi connectivity index (χ2n) is 17.4. The van der Waals surface area contributed by atoms with Crippen molar-refractivity contribution in [2.75, 3.05) is 27.2 Å². The summed E-state index contributed by atoms with van der Waals surface area (Å²) in [5.41, 5.74) is -3.62. The number of fused-ring (bicyclic) bond motifs is 1. The van der Waals surface area contributed by atoms with Crippen LogP contribution in [0.15, 0.2) is 39.7 Å². The van der Waals surface area contributed by atoms with Gasteiger partial charge in [0.25, 0.3) is 11.5 Å². The first-order valence-corrected chi connectivity index (χ1v) is 22.0. The van der Waals surface area contributed by atoms with Crippen LogP contribution in [-0.4, -0.2) is 110 Å². The van der Waals surface area contributed by atoms with Crippen molar-refractivity contribution < 1.29 is 45.5 Å². The van der Waals surface area contributed by atoms with Crippen molar-refractivity contribution >= 4 is 62.2 Å². The minimum absolute atomic E-state index is 0.0896. The van der Waals surface area contributed by atoms with Gasteiger partial charge in [-0.15, -0.1) is 0 Å². The van der Waals surface area contributed by atoms with Gasteiger partial charge in [0.05, 0.1) is 18.1 Å². The molecule has 1 aromatic carbocycles. The summed E-state index contributed by atoms with van der Waals surface area (Å²) in [6, 6.07) is 1.92. The Morgan fingerprint density at radius 3 is 2.34 bits per heavy atom. The molecule has 3 aromatic rings. The molecule has 1 aliphatic carbocycles. The van der Waals surface area contributed by atoms with Crippen molar-refractivity contribution in [2.24, 2.45) is 11.3 Å². The molecule has 0 bridgehead atoms. The molecule has 20 heteroatoms. The lowest BCUT2D eigenvalue weighted by molar-refractivity contribution is -0.299. The summed E-state index contributed by atoms with van der Waals surface area (Å²) >= 11 is 9.85. The average Bonchev–Trinajstić information content (AvgIpc) is 3.80. The molecule has 0 unspecified atom stereocenters. The van der Waals surface area contributed by atoms with E-state index in [9.17, 15) is 50.3 Å². The van der Waals surface area contributed by atoms with Crippen LogP contribution in [-0.2, 0) is 25.6 Å². The number of likely N-dealkylation sites (N-methyl/N-ethyl adjacent to an activating group) is 2. The van der Waals surface area contributed by atoms with Crippen LogP contribution < -0.4 is 10.9 Å². The van der Waals surface area contributed by atoms with E-state index in [0.717, 1.165) is 17.4 Å². The summed E-state index contributed by atoms with van der Waals surface area (Å²) in [5, 5.41) is 3.32. The molecule has 1 saturated carbocycles. The maximum atomic E-state index is 14.9. The maximum Gasteiger partial charge on any atom is 0.403 e. The summed E-state index contributed by atoms with van der Waals surface area (Å²) in [6.45, 7) is 3.41. The lowest BCUT2D eigenvalue weighted by Crippen LogP contribution is -2.63. The van der Waals surface area contributed by atoms with Gasteiger partial charge < -0.3 is 29.6 Å². The minimum atomic E-state index is -5.32. The predicted octanol–water partition coefficient (Wildman–Crippen LogP) is 7.68. The van der Waals surface area contributed by atoms with E-state index in [1.807, 2.05) is 13.8 Å². The number of nitrogens with one attached hydrogen (secondary N) is 2. The number of likely N-dealkylation sites (tertiary alicyclic amines) is 1. The Bertz CT molecular complexity index is 2230. The number of amides is 4. The molecule has 2 N–H and O–H groups in total. The first-order valence-electron chi connectivity index (χ1n) is 20.8. The molecule has 3 fully saturated rings. The first-order chi connectivity index (χ1) is 29.0. The number of nitrogens with zero attached hydrogens (tertiary/aromatic N) is 5. The van der Waals surface area contributed by atoms with Gasteiger partial charge >= 0.3 is 6.18 Å². The zero-order chi connectivity index (χ0) is 45.5. The van der Waals surface area contributed by atoms with Crippen LogP contribution in [0.5, 0.6) is 0 Å². The number of imidazole rings is 1. The van der Waals surface area contributed by atoms with Gasteiger partial charge in [0.15, 0.2) is 10.9 Å². The third-order valence-corrected chi connectivity index (χ3v) is 13.3. The van der Waals surface area contributed by atoms with Crippen LogP contribution >= 0.6 is 27.5 Å². The second kappa shape index (κ2) is 18.5. The Hall–Kier alpha value is -4.13. The molecule has 340 valence electrons. The number of hydrogen-bond donors (Lipinski definition) is 2. The normalized spacial score (nSPS) is 25.7. The molecule has 62 heavy (non-hydrogen) atoms. The number of H-pyrrole nitrogens is 1. The summed E-state index contributed by atoms with van der Waals surface area (Å²) < 4.78 is 87.1. The minimum Gasteiger partial charge on any atom is -0.344 e. The van der Waals surface area contributed by atoms with E-state index in [1.165, 1.54) is 24.2 Å². The zero-order valence-electron chi connectivity index (χ0n) is 34.8. The number of hydrogen-bond acceptors (Lipinski definition) is 6. The summed E-state index contributed by atoms with van der Waals surface area (Å²) in [4.78, 5) is 81.3. The van der Waals surface area contributed by atoms with E-state index in [4.69, 9.17) is 11.6 Å². The van der Waals surface area contributed by atoms with E-state index in [0.29, 0.717) is 45.8 Å². The SMILES string of the molecule is CC(C)C[C@@H]1NC(=O)[C@@H](n2ccc3[nH]c([C@@H]4C[C@@H](F)CN4C(=O)C4(C(F)(F)F)CC(F)(F)C4)nc3c2=O)CCCCCCCN(C)C(=O)[C@H](Cc2cc(Cl)ccc2Br)N(C)C1=O. The highest BCUT2D eigenvalue weighted by Gasteiger charge is 2.75. The Balaban J connectivity index is 1.32. The Kier molecular flexibility index (Phi) is 14.2. The van der Waals surface area contributed by atoms with Crippen molar-refractivity contribution in [3.05, 3.63) is 61.7 Å². The fourth-order valence-electron chi connectivity index (χ4n) is 8.92. The molecule has 4 heterocycles. The van der Waals surface area contributed by atoms with Crippen LogP contribution in [0.2, 0.25) is 5.02 Å². The summed E-state index contributed by atoms with van der Waals surface area (Å²) in [7, 11) is 3.21. The van der Waals surface area contributed by atoms with Gasteiger partial charge in [-0.25, -0.2) is 18.2 Å². The van der Waals surface area contributed by atoms with Gasteiger partial charge in [0.2, 0.25) is 23.6 Å². The van der Waals surface area contributed by atoms with Gasteiger partial charge in [0.1, 0.15) is 30.1 Å². The number of carbonyl (C=O) groups is 4. The van der Waals surface area contributed by atoms with Gasteiger partial charge in [-0.2, -0.15) is 13.2 Å². The second-order valence-corrected chi connectivity index (χ2v) is 18.7. The lowest BCUT2D eigenvalue weighted by atomic mass is 9.64. The van der Waals surface area contributed by atoms with Crippen LogP contribution in [0.25, 0.3) is 11.0 Å². The van der Waals surface area contributed by atoms with Gasteiger partial charge in [-0.3, -0.25) is 24.0 Å². The molecule has 5 atom stereocenters. The average molecular weight is 963 g/mol. The Labute approximate surface area is 368 Å². The summed E-state index contributed by atoms with van der Waals surface area (Å²) in [6.07, 6.45) is -5.91. The van der Waals surface area contributed by atoms with Gasteiger partial charge in [-0.1, -0.05) is 67.1 Å². The molecular weight excluding hydrogens is 912 g/mol. The molecule has 6 rings (SSSR count). The lowest BCUT2D eigenvalue weighted by Gasteiger charge is -2.48. The van der Waals surface area contributed by atoms with E-state index in [-0.39, 0.29) is 47.9 Å². The number of alkyl halides is 6. The maximum absolute atomic E-state index is 14.9. The van der Waals surface area contributed by atoms with Crippen molar-refractivity contribution in [1.82, 2.24) is 34.6 Å². The molecule has 4 amide bonds. The van der Waals surface area contributed by atoms with Crippen molar-refractivity contribution in [2.45, 2.75) is 127 Å².